The zero-order chi connectivity index (χ0) is 20.8. The molecule has 0 fully saturated rings. The van der Waals surface area contributed by atoms with Crippen molar-refractivity contribution < 1.29 is 18.7 Å². The predicted molar refractivity (Wildman–Crippen MR) is 111 cm³/mol. The second kappa shape index (κ2) is 8.88. The summed E-state index contributed by atoms with van der Waals surface area (Å²) in [5.41, 5.74) is 2.24. The molecule has 0 radical (unpaired) electrons. The highest BCUT2D eigenvalue weighted by Gasteiger charge is 2.14. The first-order chi connectivity index (χ1) is 14.0. The van der Waals surface area contributed by atoms with Gasteiger partial charge in [0, 0.05) is 17.3 Å². The van der Waals surface area contributed by atoms with Crippen LogP contribution in [0.5, 0.6) is 5.75 Å². The maximum atomic E-state index is 13.7. The molecule has 3 aromatic carbocycles. The molecule has 0 spiro atoms. The first kappa shape index (κ1) is 19.9. The number of anilines is 3. The van der Waals surface area contributed by atoms with E-state index in [2.05, 4.69) is 16.0 Å². The lowest BCUT2D eigenvalue weighted by molar-refractivity contribution is 0.102. The van der Waals surface area contributed by atoms with E-state index in [0.717, 1.165) is 5.56 Å². The molecule has 0 saturated carbocycles. The maximum absolute atomic E-state index is 13.7. The van der Waals surface area contributed by atoms with E-state index >= 15 is 0 Å². The SMILES string of the molecule is COc1cc(NC(=O)c2ccccc2)c(C)cc1NC(=O)Nc1ccccc1F. The molecular weight excluding hydrogens is 373 g/mol. The summed E-state index contributed by atoms with van der Waals surface area (Å²) in [6.07, 6.45) is 0. The first-order valence-electron chi connectivity index (χ1n) is 8.85. The van der Waals surface area contributed by atoms with Crippen LogP contribution in [0.4, 0.5) is 26.2 Å². The number of carbonyl (C=O) groups is 2. The van der Waals surface area contributed by atoms with Crippen LogP contribution in [0, 0.1) is 12.7 Å². The molecule has 0 aliphatic rings. The van der Waals surface area contributed by atoms with Crippen LogP contribution in [-0.2, 0) is 0 Å². The van der Waals surface area contributed by atoms with Gasteiger partial charge in [-0.25, -0.2) is 9.18 Å². The minimum absolute atomic E-state index is 0.0624. The molecule has 0 unspecified atom stereocenters. The number of halogens is 1. The van der Waals surface area contributed by atoms with Crippen LogP contribution < -0.4 is 20.7 Å². The molecule has 148 valence electrons. The van der Waals surface area contributed by atoms with Crippen LogP contribution in [0.15, 0.2) is 66.7 Å². The summed E-state index contributed by atoms with van der Waals surface area (Å²) >= 11 is 0. The molecule has 0 aliphatic heterocycles. The Bertz CT molecular complexity index is 1040. The molecular formula is C22H20FN3O3. The average Bonchev–Trinajstić information content (AvgIpc) is 2.72. The van der Waals surface area contributed by atoms with Crippen molar-refractivity contribution in [1.82, 2.24) is 0 Å². The summed E-state index contributed by atoms with van der Waals surface area (Å²) in [6.45, 7) is 1.79. The quantitative estimate of drug-likeness (QED) is 0.568. The van der Waals surface area contributed by atoms with Gasteiger partial charge in [0.05, 0.1) is 18.5 Å². The number of benzene rings is 3. The number of rotatable bonds is 5. The molecule has 0 atom stereocenters. The van der Waals surface area contributed by atoms with Crippen molar-refractivity contribution in [3.05, 3.63) is 83.7 Å². The molecule has 3 aromatic rings. The third-order valence-electron chi connectivity index (χ3n) is 4.20. The Balaban J connectivity index is 1.77. The fourth-order valence-electron chi connectivity index (χ4n) is 2.71. The highest BCUT2D eigenvalue weighted by Crippen LogP contribution is 2.31. The van der Waals surface area contributed by atoms with Crippen LogP contribution >= 0.6 is 0 Å². The van der Waals surface area contributed by atoms with Crippen molar-refractivity contribution in [2.45, 2.75) is 6.92 Å². The Kier molecular flexibility index (Phi) is 6.09. The lowest BCUT2D eigenvalue weighted by atomic mass is 10.1. The number of amides is 3. The highest BCUT2D eigenvalue weighted by molar-refractivity contribution is 6.05. The number of nitrogens with one attached hydrogen (secondary N) is 3. The number of hydrogen-bond acceptors (Lipinski definition) is 3. The van der Waals surface area contributed by atoms with E-state index in [-0.39, 0.29) is 11.6 Å². The maximum Gasteiger partial charge on any atom is 0.323 e. The van der Waals surface area contributed by atoms with E-state index in [1.54, 1.807) is 49.4 Å². The summed E-state index contributed by atoms with van der Waals surface area (Å²) in [4.78, 5) is 24.6. The fraction of sp³-hybridized carbons (Fsp3) is 0.0909. The first-order valence-corrected chi connectivity index (χ1v) is 8.85. The molecule has 3 N–H and O–H groups in total. The number of para-hydroxylation sites is 1. The molecule has 0 aromatic heterocycles. The van der Waals surface area contributed by atoms with Crippen molar-refractivity contribution in [3.63, 3.8) is 0 Å². The number of aryl methyl sites for hydroxylation is 1. The number of ether oxygens (including phenoxy) is 1. The minimum Gasteiger partial charge on any atom is -0.494 e. The molecule has 0 aliphatic carbocycles. The molecule has 0 heterocycles. The van der Waals surface area contributed by atoms with Crippen LogP contribution in [0.1, 0.15) is 15.9 Å². The Hall–Kier alpha value is -3.87. The van der Waals surface area contributed by atoms with Gasteiger partial charge in [-0.1, -0.05) is 30.3 Å². The molecule has 6 nitrogen and oxygen atoms in total. The zero-order valence-electron chi connectivity index (χ0n) is 16.0. The van der Waals surface area contributed by atoms with Gasteiger partial charge in [0.1, 0.15) is 11.6 Å². The lowest BCUT2D eigenvalue weighted by Gasteiger charge is -2.16. The minimum atomic E-state index is -0.617. The Morgan fingerprint density at radius 1 is 0.828 bits per heavy atom. The summed E-state index contributed by atoms with van der Waals surface area (Å²) in [5.74, 6) is -0.443. The van der Waals surface area contributed by atoms with Crippen molar-refractivity contribution in [1.29, 1.82) is 0 Å². The van der Waals surface area contributed by atoms with Crippen molar-refractivity contribution in [2.24, 2.45) is 0 Å². The van der Waals surface area contributed by atoms with E-state index in [9.17, 15) is 14.0 Å². The standard InChI is InChI=1S/C22H20FN3O3/c1-14-12-19(26-22(28)25-17-11-7-6-10-16(17)23)20(29-2)13-18(14)24-21(27)15-8-4-3-5-9-15/h3-13H,1-2H3,(H,24,27)(H2,25,26,28). The topological polar surface area (TPSA) is 79.5 Å². The van der Waals surface area contributed by atoms with Gasteiger partial charge in [0.25, 0.3) is 5.91 Å². The van der Waals surface area contributed by atoms with Crippen LogP contribution in [-0.4, -0.2) is 19.0 Å². The normalized spacial score (nSPS) is 10.2. The van der Waals surface area contributed by atoms with Gasteiger partial charge in [-0.05, 0) is 42.8 Å². The average molecular weight is 393 g/mol. The molecule has 3 rings (SSSR count). The predicted octanol–water partition coefficient (Wildman–Crippen LogP) is 5.04. The van der Waals surface area contributed by atoms with Gasteiger partial charge in [0.15, 0.2) is 0 Å². The van der Waals surface area contributed by atoms with Gasteiger partial charge in [-0.3, -0.25) is 4.79 Å². The third-order valence-corrected chi connectivity index (χ3v) is 4.20. The smallest absolute Gasteiger partial charge is 0.323 e. The van der Waals surface area contributed by atoms with Crippen LogP contribution in [0.2, 0.25) is 0 Å². The fourth-order valence-corrected chi connectivity index (χ4v) is 2.71. The number of carbonyl (C=O) groups excluding carboxylic acids is 2. The third kappa shape index (κ3) is 4.90. The Morgan fingerprint density at radius 3 is 2.17 bits per heavy atom. The monoisotopic (exact) mass is 393 g/mol. The van der Waals surface area contributed by atoms with Gasteiger partial charge in [0.2, 0.25) is 0 Å². The van der Waals surface area contributed by atoms with Gasteiger partial charge in [-0.15, -0.1) is 0 Å². The van der Waals surface area contributed by atoms with Gasteiger partial charge >= 0.3 is 6.03 Å². The molecule has 29 heavy (non-hydrogen) atoms. The van der Waals surface area contributed by atoms with E-state index < -0.39 is 11.8 Å². The van der Waals surface area contributed by atoms with E-state index in [0.29, 0.717) is 22.7 Å². The lowest BCUT2D eigenvalue weighted by Crippen LogP contribution is -2.21. The second-order valence-corrected chi connectivity index (χ2v) is 6.25. The molecule has 7 heteroatoms. The zero-order valence-corrected chi connectivity index (χ0v) is 16.0. The summed E-state index contributed by atoms with van der Waals surface area (Å²) in [7, 11) is 1.45. The van der Waals surface area contributed by atoms with E-state index in [1.165, 1.54) is 25.3 Å². The van der Waals surface area contributed by atoms with Gasteiger partial charge < -0.3 is 20.7 Å². The summed E-state index contributed by atoms with van der Waals surface area (Å²) in [5, 5.41) is 7.92. The molecule has 3 amide bonds. The Morgan fingerprint density at radius 2 is 1.48 bits per heavy atom. The number of urea groups is 1. The largest absolute Gasteiger partial charge is 0.494 e. The van der Waals surface area contributed by atoms with Crippen molar-refractivity contribution in [3.8, 4) is 5.75 Å². The highest BCUT2D eigenvalue weighted by atomic mass is 19.1. The van der Waals surface area contributed by atoms with Crippen molar-refractivity contribution in [2.75, 3.05) is 23.1 Å². The number of hydrogen-bond donors (Lipinski definition) is 3. The van der Waals surface area contributed by atoms with Crippen molar-refractivity contribution >= 4 is 29.0 Å². The van der Waals surface area contributed by atoms with Crippen LogP contribution in [0.25, 0.3) is 0 Å². The van der Waals surface area contributed by atoms with Gasteiger partial charge in [-0.2, -0.15) is 0 Å². The Labute approximate surface area is 167 Å². The van der Waals surface area contributed by atoms with Crippen LogP contribution in [0.3, 0.4) is 0 Å². The number of methoxy groups -OCH3 is 1. The molecule has 0 bridgehead atoms. The van der Waals surface area contributed by atoms with E-state index in [4.69, 9.17) is 4.74 Å². The van der Waals surface area contributed by atoms with E-state index in [1.807, 2.05) is 6.07 Å². The summed E-state index contributed by atoms with van der Waals surface area (Å²) < 4.78 is 19.0. The summed E-state index contributed by atoms with van der Waals surface area (Å²) in [6, 6.07) is 17.4. The second-order valence-electron chi connectivity index (χ2n) is 6.25. The molecule has 0 saturated heterocycles.